The van der Waals surface area contributed by atoms with Gasteiger partial charge in [0.05, 0.1) is 0 Å². The number of hydrogen-bond donors (Lipinski definition) is 1. The van der Waals surface area contributed by atoms with Gasteiger partial charge in [0.15, 0.2) is 0 Å². The molecule has 0 aliphatic heterocycles. The van der Waals surface area contributed by atoms with Crippen molar-refractivity contribution >= 4 is 5.69 Å². The van der Waals surface area contributed by atoms with Gasteiger partial charge in [-0.15, -0.1) is 0 Å². The lowest BCUT2D eigenvalue weighted by atomic mass is 10.1. The van der Waals surface area contributed by atoms with E-state index in [0.29, 0.717) is 0 Å². The van der Waals surface area contributed by atoms with Crippen molar-refractivity contribution in [2.45, 2.75) is 53.5 Å². The highest BCUT2D eigenvalue weighted by Crippen LogP contribution is 2.12. The molecule has 0 heterocycles. The van der Waals surface area contributed by atoms with Gasteiger partial charge in [-0.3, -0.25) is 4.90 Å². The van der Waals surface area contributed by atoms with Crippen LogP contribution in [0.3, 0.4) is 0 Å². The van der Waals surface area contributed by atoms with Crippen LogP contribution in [0.4, 0.5) is 5.69 Å². The van der Waals surface area contributed by atoms with Crippen LogP contribution in [0, 0.1) is 12.8 Å². The third-order valence-corrected chi connectivity index (χ3v) is 3.80. The zero-order chi connectivity index (χ0) is 15.0. The number of hydrogen-bond acceptors (Lipinski definition) is 2. The second-order valence-corrected chi connectivity index (χ2v) is 6.16. The van der Waals surface area contributed by atoms with E-state index in [0.717, 1.165) is 25.0 Å². The Balaban J connectivity index is 2.49. The third-order valence-electron chi connectivity index (χ3n) is 3.80. The lowest BCUT2D eigenvalue weighted by molar-refractivity contribution is 0.172. The van der Waals surface area contributed by atoms with Gasteiger partial charge in [0, 0.05) is 31.4 Å². The van der Waals surface area contributed by atoms with Crippen molar-refractivity contribution in [3.63, 3.8) is 0 Å². The van der Waals surface area contributed by atoms with Crippen LogP contribution in [0.2, 0.25) is 0 Å². The Morgan fingerprint density at radius 3 is 2.40 bits per heavy atom. The highest BCUT2D eigenvalue weighted by molar-refractivity contribution is 5.45. The van der Waals surface area contributed by atoms with Gasteiger partial charge in [-0.1, -0.05) is 39.8 Å². The van der Waals surface area contributed by atoms with Gasteiger partial charge in [-0.05, 0) is 43.4 Å². The van der Waals surface area contributed by atoms with E-state index in [1.165, 1.54) is 30.6 Å². The van der Waals surface area contributed by atoms with Crippen LogP contribution in [0.5, 0.6) is 0 Å². The Morgan fingerprint density at radius 2 is 1.85 bits per heavy atom. The second kappa shape index (κ2) is 9.02. The van der Waals surface area contributed by atoms with Crippen LogP contribution in [0.15, 0.2) is 24.3 Å². The van der Waals surface area contributed by atoms with Crippen molar-refractivity contribution in [2.75, 3.05) is 25.0 Å². The third kappa shape index (κ3) is 5.96. The minimum Gasteiger partial charge on any atom is -0.384 e. The number of aryl methyl sites for hydroxylation is 1. The van der Waals surface area contributed by atoms with Crippen LogP contribution < -0.4 is 5.32 Å². The van der Waals surface area contributed by atoms with Crippen LogP contribution in [-0.4, -0.2) is 30.6 Å². The van der Waals surface area contributed by atoms with E-state index in [9.17, 15) is 0 Å². The van der Waals surface area contributed by atoms with Crippen molar-refractivity contribution in [2.24, 2.45) is 5.92 Å². The molecule has 2 heteroatoms. The van der Waals surface area contributed by atoms with Gasteiger partial charge in [0.2, 0.25) is 0 Å². The Bertz CT molecular complexity index is 369. The first-order valence-electron chi connectivity index (χ1n) is 8.11. The summed E-state index contributed by atoms with van der Waals surface area (Å²) in [6, 6.07) is 9.34. The Labute approximate surface area is 125 Å². The molecule has 0 bridgehead atoms. The predicted octanol–water partition coefficient (Wildman–Crippen LogP) is 4.55. The molecule has 0 saturated heterocycles. The zero-order valence-electron chi connectivity index (χ0n) is 13.9. The van der Waals surface area contributed by atoms with Crippen molar-refractivity contribution in [1.29, 1.82) is 0 Å². The standard InChI is InChI=1S/C18H32N2/c1-6-18(7-2)20(14-15(3)4)12-11-19-17-10-8-9-16(5)13-17/h8-10,13,15,18-19H,6-7,11-12,14H2,1-5H3. The first kappa shape index (κ1) is 17.0. The summed E-state index contributed by atoms with van der Waals surface area (Å²) in [5, 5.41) is 3.55. The fraction of sp³-hybridized carbons (Fsp3) is 0.667. The maximum absolute atomic E-state index is 3.55. The molecule has 1 aromatic carbocycles. The smallest absolute Gasteiger partial charge is 0.0343 e. The summed E-state index contributed by atoms with van der Waals surface area (Å²) in [7, 11) is 0. The summed E-state index contributed by atoms with van der Waals surface area (Å²) < 4.78 is 0. The minimum atomic E-state index is 0.719. The fourth-order valence-corrected chi connectivity index (χ4v) is 2.80. The van der Waals surface area contributed by atoms with Gasteiger partial charge < -0.3 is 5.32 Å². The number of rotatable bonds is 9. The number of nitrogens with one attached hydrogen (secondary N) is 1. The topological polar surface area (TPSA) is 15.3 Å². The fourth-order valence-electron chi connectivity index (χ4n) is 2.80. The molecule has 0 fully saturated rings. The van der Waals surface area contributed by atoms with Gasteiger partial charge in [-0.2, -0.15) is 0 Å². The SMILES string of the molecule is CCC(CC)N(CCNc1cccc(C)c1)CC(C)C. The molecule has 0 spiro atoms. The molecule has 1 aromatic rings. The van der Waals surface area contributed by atoms with Gasteiger partial charge in [0.1, 0.15) is 0 Å². The summed E-state index contributed by atoms with van der Waals surface area (Å²) in [5.74, 6) is 0.731. The first-order chi connectivity index (χ1) is 9.56. The molecular formula is C18H32N2. The second-order valence-electron chi connectivity index (χ2n) is 6.16. The van der Waals surface area contributed by atoms with Crippen molar-refractivity contribution < 1.29 is 0 Å². The molecule has 0 unspecified atom stereocenters. The van der Waals surface area contributed by atoms with Crippen LogP contribution >= 0.6 is 0 Å². The molecule has 0 amide bonds. The van der Waals surface area contributed by atoms with E-state index >= 15 is 0 Å². The maximum Gasteiger partial charge on any atom is 0.0343 e. The Kier molecular flexibility index (Phi) is 7.68. The van der Waals surface area contributed by atoms with E-state index in [1.54, 1.807) is 0 Å². The van der Waals surface area contributed by atoms with Gasteiger partial charge >= 0.3 is 0 Å². The van der Waals surface area contributed by atoms with Gasteiger partial charge in [-0.25, -0.2) is 0 Å². The Hall–Kier alpha value is -1.02. The molecule has 0 aliphatic carbocycles. The number of anilines is 1. The summed E-state index contributed by atoms with van der Waals surface area (Å²) in [5.41, 5.74) is 2.55. The molecule has 0 aromatic heterocycles. The average Bonchev–Trinajstić information content (AvgIpc) is 2.39. The summed E-state index contributed by atoms with van der Waals surface area (Å²) in [6.45, 7) is 14.7. The molecular weight excluding hydrogens is 244 g/mol. The van der Waals surface area contributed by atoms with E-state index in [2.05, 4.69) is 69.1 Å². The molecule has 0 radical (unpaired) electrons. The molecule has 1 N–H and O–H groups in total. The average molecular weight is 276 g/mol. The van der Waals surface area contributed by atoms with Crippen LogP contribution in [0.25, 0.3) is 0 Å². The van der Waals surface area contributed by atoms with E-state index in [1.807, 2.05) is 0 Å². The first-order valence-corrected chi connectivity index (χ1v) is 8.11. The van der Waals surface area contributed by atoms with Crippen molar-refractivity contribution in [3.05, 3.63) is 29.8 Å². The normalized spacial score (nSPS) is 11.6. The van der Waals surface area contributed by atoms with Crippen LogP contribution in [0.1, 0.15) is 46.1 Å². The molecule has 2 nitrogen and oxygen atoms in total. The lowest BCUT2D eigenvalue weighted by Crippen LogP contribution is -2.40. The number of benzene rings is 1. The Morgan fingerprint density at radius 1 is 1.15 bits per heavy atom. The van der Waals surface area contributed by atoms with Gasteiger partial charge in [0.25, 0.3) is 0 Å². The minimum absolute atomic E-state index is 0.719. The van der Waals surface area contributed by atoms with E-state index in [4.69, 9.17) is 0 Å². The molecule has 20 heavy (non-hydrogen) atoms. The van der Waals surface area contributed by atoms with Crippen molar-refractivity contribution in [1.82, 2.24) is 4.90 Å². The monoisotopic (exact) mass is 276 g/mol. The molecule has 0 saturated carbocycles. The maximum atomic E-state index is 3.55. The largest absolute Gasteiger partial charge is 0.384 e. The van der Waals surface area contributed by atoms with Crippen molar-refractivity contribution in [3.8, 4) is 0 Å². The zero-order valence-corrected chi connectivity index (χ0v) is 13.9. The summed E-state index contributed by atoms with van der Waals surface area (Å²) in [6.07, 6.45) is 2.49. The van der Waals surface area contributed by atoms with E-state index in [-0.39, 0.29) is 0 Å². The molecule has 1 rings (SSSR count). The summed E-state index contributed by atoms with van der Waals surface area (Å²) >= 11 is 0. The molecule has 0 atom stereocenters. The summed E-state index contributed by atoms with van der Waals surface area (Å²) in [4.78, 5) is 2.65. The van der Waals surface area contributed by atoms with Crippen LogP contribution in [-0.2, 0) is 0 Å². The highest BCUT2D eigenvalue weighted by Gasteiger charge is 2.15. The predicted molar refractivity (Wildman–Crippen MR) is 90.4 cm³/mol. The number of nitrogens with zero attached hydrogens (tertiary/aromatic N) is 1. The lowest BCUT2D eigenvalue weighted by Gasteiger charge is -2.32. The quantitative estimate of drug-likeness (QED) is 0.711. The highest BCUT2D eigenvalue weighted by atomic mass is 15.2. The molecule has 0 aliphatic rings. The molecule has 114 valence electrons. The van der Waals surface area contributed by atoms with E-state index < -0.39 is 0 Å².